The molecule has 0 aliphatic heterocycles. The highest BCUT2D eigenvalue weighted by Crippen LogP contribution is 2.21. The Labute approximate surface area is 127 Å². The Bertz CT molecular complexity index is 644. The van der Waals surface area contributed by atoms with Crippen molar-refractivity contribution in [3.05, 3.63) is 40.9 Å². The van der Waals surface area contributed by atoms with E-state index in [-0.39, 0.29) is 5.97 Å². The Balaban J connectivity index is 1.90. The number of hydrogen-bond acceptors (Lipinski definition) is 6. The normalized spacial score (nSPS) is 9.90. The second kappa shape index (κ2) is 7.41. The monoisotopic (exact) mass is 301 g/mol. The van der Waals surface area contributed by atoms with Crippen LogP contribution in [-0.2, 0) is 16.0 Å². The van der Waals surface area contributed by atoms with Gasteiger partial charge >= 0.3 is 5.97 Å². The summed E-state index contributed by atoms with van der Waals surface area (Å²) in [5.74, 6) is -0.202. The summed E-state index contributed by atoms with van der Waals surface area (Å²) in [4.78, 5) is 15.7. The topological polar surface area (TPSA) is 75.0 Å². The van der Waals surface area contributed by atoms with Crippen molar-refractivity contribution in [3.8, 4) is 6.07 Å². The van der Waals surface area contributed by atoms with E-state index in [0.29, 0.717) is 25.0 Å². The number of ether oxygens (including phenoxy) is 1. The third-order valence-electron chi connectivity index (χ3n) is 2.71. The van der Waals surface area contributed by atoms with Gasteiger partial charge in [-0.3, -0.25) is 4.79 Å². The fourth-order valence-corrected chi connectivity index (χ4v) is 2.46. The molecule has 2 aromatic rings. The van der Waals surface area contributed by atoms with Crippen LogP contribution in [0.25, 0.3) is 0 Å². The molecule has 0 saturated carbocycles. The van der Waals surface area contributed by atoms with Crippen LogP contribution in [-0.4, -0.2) is 17.6 Å². The molecule has 1 N–H and O–H groups in total. The third-order valence-corrected chi connectivity index (χ3v) is 3.51. The van der Waals surface area contributed by atoms with Gasteiger partial charge in [-0.2, -0.15) is 5.26 Å². The largest absolute Gasteiger partial charge is 0.466 e. The summed E-state index contributed by atoms with van der Waals surface area (Å²) in [6.07, 6.45) is 0.915. The molecule has 0 spiro atoms. The number of nitrogens with one attached hydrogen (secondary N) is 1. The zero-order chi connectivity index (χ0) is 15.1. The lowest BCUT2D eigenvalue weighted by molar-refractivity contribution is -0.143. The van der Waals surface area contributed by atoms with E-state index in [9.17, 15) is 4.79 Å². The smallest absolute Gasteiger partial charge is 0.306 e. The number of nitriles is 1. The lowest BCUT2D eigenvalue weighted by Crippen LogP contribution is -2.05. The molecule has 0 unspecified atom stereocenters. The number of esters is 1. The van der Waals surface area contributed by atoms with E-state index in [2.05, 4.69) is 16.4 Å². The average molecular weight is 301 g/mol. The second-order valence-electron chi connectivity index (χ2n) is 4.26. The molecule has 2 rings (SSSR count). The van der Waals surface area contributed by atoms with E-state index in [1.54, 1.807) is 19.1 Å². The molecular formula is C15H15N3O2S. The van der Waals surface area contributed by atoms with Gasteiger partial charge < -0.3 is 10.1 Å². The molecule has 6 heteroatoms. The van der Waals surface area contributed by atoms with Crippen LogP contribution >= 0.6 is 11.3 Å². The molecule has 1 aromatic heterocycles. The zero-order valence-electron chi connectivity index (χ0n) is 11.6. The van der Waals surface area contributed by atoms with Crippen molar-refractivity contribution in [1.29, 1.82) is 5.26 Å². The molecule has 5 nitrogen and oxygen atoms in total. The minimum absolute atomic E-state index is 0.202. The summed E-state index contributed by atoms with van der Waals surface area (Å²) >= 11 is 1.48. The molecule has 0 saturated heterocycles. The maximum Gasteiger partial charge on any atom is 0.306 e. The maximum absolute atomic E-state index is 11.3. The van der Waals surface area contributed by atoms with Gasteiger partial charge in [-0.25, -0.2) is 4.98 Å². The van der Waals surface area contributed by atoms with E-state index in [1.165, 1.54) is 11.3 Å². The molecule has 0 radical (unpaired) electrons. The molecule has 0 bridgehead atoms. The first-order chi connectivity index (χ1) is 10.2. The van der Waals surface area contributed by atoms with Crippen LogP contribution in [0.15, 0.2) is 29.6 Å². The molecule has 0 atom stereocenters. The predicted octanol–water partition coefficient (Wildman–Crippen LogP) is 3.25. The van der Waals surface area contributed by atoms with Crippen LogP contribution in [0.2, 0.25) is 0 Å². The van der Waals surface area contributed by atoms with Gasteiger partial charge in [0.2, 0.25) is 0 Å². The maximum atomic E-state index is 11.3. The van der Waals surface area contributed by atoms with Gasteiger partial charge in [-0.15, -0.1) is 11.3 Å². The molecule has 0 amide bonds. The van der Waals surface area contributed by atoms with E-state index < -0.39 is 0 Å². The summed E-state index contributed by atoms with van der Waals surface area (Å²) in [6, 6.07) is 9.23. The van der Waals surface area contributed by atoms with Crippen molar-refractivity contribution in [2.45, 2.75) is 19.8 Å². The van der Waals surface area contributed by atoms with Gasteiger partial charge in [0.1, 0.15) is 0 Å². The number of carbonyl (C=O) groups is 1. The molecule has 0 aliphatic carbocycles. The first kappa shape index (κ1) is 15.0. The summed E-state index contributed by atoms with van der Waals surface area (Å²) in [6.45, 7) is 2.20. The zero-order valence-corrected chi connectivity index (χ0v) is 12.4. The van der Waals surface area contributed by atoms with Gasteiger partial charge in [0.05, 0.1) is 30.4 Å². The highest BCUT2D eigenvalue weighted by molar-refractivity contribution is 7.13. The molecular weight excluding hydrogens is 286 g/mol. The van der Waals surface area contributed by atoms with Crippen molar-refractivity contribution in [2.24, 2.45) is 0 Å². The summed E-state index contributed by atoms with van der Waals surface area (Å²) in [5, 5.41) is 14.6. The number of aromatic nitrogens is 1. The first-order valence-corrected chi connectivity index (χ1v) is 7.46. The third kappa shape index (κ3) is 4.58. The second-order valence-corrected chi connectivity index (χ2v) is 5.12. The number of thiazole rings is 1. The minimum Gasteiger partial charge on any atom is -0.466 e. The van der Waals surface area contributed by atoms with Gasteiger partial charge in [-0.1, -0.05) is 0 Å². The van der Waals surface area contributed by atoms with Gasteiger partial charge in [0, 0.05) is 17.5 Å². The van der Waals surface area contributed by atoms with Crippen LogP contribution < -0.4 is 5.32 Å². The van der Waals surface area contributed by atoms with Crippen molar-refractivity contribution < 1.29 is 9.53 Å². The van der Waals surface area contributed by atoms with Crippen LogP contribution in [0.5, 0.6) is 0 Å². The number of nitrogens with zero attached hydrogens (tertiary/aromatic N) is 2. The van der Waals surface area contributed by atoms with Crippen LogP contribution in [0.1, 0.15) is 24.6 Å². The van der Waals surface area contributed by atoms with Crippen molar-refractivity contribution in [1.82, 2.24) is 4.98 Å². The Morgan fingerprint density at radius 1 is 1.43 bits per heavy atom. The van der Waals surface area contributed by atoms with Crippen LogP contribution in [0.3, 0.4) is 0 Å². The highest BCUT2D eigenvalue weighted by atomic mass is 32.1. The van der Waals surface area contributed by atoms with Crippen molar-refractivity contribution >= 4 is 28.1 Å². The number of anilines is 2. The molecule has 0 aliphatic rings. The number of benzene rings is 1. The van der Waals surface area contributed by atoms with E-state index in [1.807, 2.05) is 17.5 Å². The van der Waals surface area contributed by atoms with Gasteiger partial charge in [0.25, 0.3) is 0 Å². The van der Waals surface area contributed by atoms with Crippen molar-refractivity contribution in [3.63, 3.8) is 0 Å². The number of aryl methyl sites for hydroxylation is 1. The Hall–Kier alpha value is -2.39. The fourth-order valence-electron chi connectivity index (χ4n) is 1.69. The van der Waals surface area contributed by atoms with E-state index in [4.69, 9.17) is 10.00 Å². The fraction of sp³-hybridized carbons (Fsp3) is 0.267. The predicted molar refractivity (Wildman–Crippen MR) is 81.5 cm³/mol. The minimum atomic E-state index is -0.202. The molecule has 0 fully saturated rings. The SMILES string of the molecule is CCOC(=O)CCc1csc(Nc2ccc(C#N)cc2)n1. The Morgan fingerprint density at radius 3 is 2.86 bits per heavy atom. The lowest BCUT2D eigenvalue weighted by Gasteiger charge is -2.02. The molecule has 21 heavy (non-hydrogen) atoms. The highest BCUT2D eigenvalue weighted by Gasteiger charge is 2.06. The molecule has 108 valence electrons. The molecule has 1 heterocycles. The van der Waals surface area contributed by atoms with Gasteiger partial charge in [-0.05, 0) is 31.2 Å². The van der Waals surface area contributed by atoms with Crippen LogP contribution in [0.4, 0.5) is 10.8 Å². The van der Waals surface area contributed by atoms with E-state index in [0.717, 1.165) is 16.5 Å². The average Bonchev–Trinajstić information content (AvgIpc) is 2.94. The molecule has 1 aromatic carbocycles. The Kier molecular flexibility index (Phi) is 5.29. The quantitative estimate of drug-likeness (QED) is 0.829. The lowest BCUT2D eigenvalue weighted by atomic mass is 10.2. The summed E-state index contributed by atoms with van der Waals surface area (Å²) in [7, 11) is 0. The summed E-state index contributed by atoms with van der Waals surface area (Å²) < 4.78 is 4.88. The van der Waals surface area contributed by atoms with E-state index >= 15 is 0 Å². The standard InChI is InChI=1S/C15H15N3O2S/c1-2-20-14(19)8-7-13-10-21-15(18-13)17-12-5-3-11(9-16)4-6-12/h3-6,10H,2,7-8H2,1H3,(H,17,18). The summed E-state index contributed by atoms with van der Waals surface area (Å²) in [5.41, 5.74) is 2.36. The van der Waals surface area contributed by atoms with Crippen LogP contribution in [0, 0.1) is 11.3 Å². The first-order valence-electron chi connectivity index (χ1n) is 6.58. The number of hydrogen-bond donors (Lipinski definition) is 1. The Morgan fingerprint density at radius 2 is 2.19 bits per heavy atom. The van der Waals surface area contributed by atoms with Crippen molar-refractivity contribution in [2.75, 3.05) is 11.9 Å². The number of rotatable bonds is 6. The number of carbonyl (C=O) groups excluding carboxylic acids is 1. The van der Waals surface area contributed by atoms with Gasteiger partial charge in [0.15, 0.2) is 5.13 Å².